The van der Waals surface area contributed by atoms with Crippen LogP contribution >= 0.6 is 23.2 Å². The van der Waals surface area contributed by atoms with Gasteiger partial charge >= 0.3 is 0 Å². The van der Waals surface area contributed by atoms with Crippen LogP contribution in [0.25, 0.3) is 0 Å². The molecule has 1 aromatic carbocycles. The molecule has 120 valence electrons. The Kier molecular flexibility index (Phi) is 5.03. The van der Waals surface area contributed by atoms with Gasteiger partial charge in [0.2, 0.25) is 0 Å². The summed E-state index contributed by atoms with van der Waals surface area (Å²) in [6.07, 6.45) is 10.8. The molecule has 0 aliphatic heterocycles. The van der Waals surface area contributed by atoms with Gasteiger partial charge in [0.05, 0.1) is 16.8 Å². The third-order valence-corrected chi connectivity index (χ3v) is 4.59. The molecule has 1 N–H and O–H groups in total. The maximum atomic E-state index is 12.0. The van der Waals surface area contributed by atoms with E-state index < -0.39 is 0 Å². The second-order valence-corrected chi connectivity index (χ2v) is 6.50. The van der Waals surface area contributed by atoms with Crippen molar-refractivity contribution in [3.63, 3.8) is 0 Å². The van der Waals surface area contributed by atoms with Crippen LogP contribution in [0.2, 0.25) is 10.0 Å². The van der Waals surface area contributed by atoms with Crippen molar-refractivity contribution in [3.05, 3.63) is 57.8 Å². The fourth-order valence-electron chi connectivity index (χ4n) is 2.84. The Hall–Kier alpha value is -1.78. The number of carbonyl (C=O) groups excluding carboxylic acids is 1. The average Bonchev–Trinajstić information content (AvgIpc) is 3.18. The van der Waals surface area contributed by atoms with E-state index in [4.69, 9.17) is 23.2 Å². The zero-order valence-electron chi connectivity index (χ0n) is 12.5. The molecule has 1 aliphatic carbocycles. The van der Waals surface area contributed by atoms with Crippen LogP contribution < -0.4 is 5.43 Å². The van der Waals surface area contributed by atoms with E-state index >= 15 is 0 Å². The highest BCUT2D eigenvalue weighted by Gasteiger charge is 2.16. The van der Waals surface area contributed by atoms with E-state index in [0.717, 1.165) is 5.56 Å². The lowest BCUT2D eigenvalue weighted by Gasteiger charge is -2.10. The molecule has 1 aliphatic rings. The third kappa shape index (κ3) is 3.95. The van der Waals surface area contributed by atoms with Gasteiger partial charge in [-0.3, -0.25) is 4.79 Å². The molecule has 1 heterocycles. The number of rotatable bonds is 4. The smallest absolute Gasteiger partial charge is 0.272 e. The Morgan fingerprint density at radius 3 is 2.78 bits per heavy atom. The normalized spacial score (nSPS) is 15.4. The molecule has 23 heavy (non-hydrogen) atoms. The van der Waals surface area contributed by atoms with Gasteiger partial charge < -0.3 is 4.57 Å². The lowest BCUT2D eigenvalue weighted by atomic mass is 10.2. The molecule has 4 nitrogen and oxygen atoms in total. The number of halogens is 2. The Bertz CT molecular complexity index is 733. The van der Waals surface area contributed by atoms with E-state index in [0.29, 0.717) is 21.7 Å². The highest BCUT2D eigenvalue weighted by atomic mass is 35.5. The van der Waals surface area contributed by atoms with Gasteiger partial charge in [0.15, 0.2) is 0 Å². The summed E-state index contributed by atoms with van der Waals surface area (Å²) in [4.78, 5) is 12.0. The molecule has 1 amide bonds. The number of hydrogen-bond donors (Lipinski definition) is 1. The Balaban J connectivity index is 1.61. The number of nitrogens with one attached hydrogen (secondary N) is 1. The van der Waals surface area contributed by atoms with Crippen LogP contribution in [0.4, 0.5) is 0 Å². The second kappa shape index (κ2) is 7.20. The van der Waals surface area contributed by atoms with Gasteiger partial charge in [-0.05, 0) is 37.1 Å². The van der Waals surface area contributed by atoms with Crippen molar-refractivity contribution in [2.24, 2.45) is 5.10 Å². The second-order valence-electron chi connectivity index (χ2n) is 5.65. The first-order valence-electron chi connectivity index (χ1n) is 7.59. The number of benzene rings is 1. The number of carbonyl (C=O) groups is 1. The predicted octanol–water partition coefficient (Wildman–Crippen LogP) is 4.67. The molecule has 1 saturated carbocycles. The molecule has 6 heteroatoms. The van der Waals surface area contributed by atoms with Gasteiger partial charge in [0, 0.05) is 29.0 Å². The van der Waals surface area contributed by atoms with Crippen molar-refractivity contribution in [2.45, 2.75) is 31.7 Å². The molecule has 0 saturated heterocycles. The largest absolute Gasteiger partial charge is 0.351 e. The first-order chi connectivity index (χ1) is 11.1. The molecule has 1 fully saturated rings. The van der Waals surface area contributed by atoms with Crippen molar-refractivity contribution >= 4 is 35.3 Å². The Morgan fingerprint density at radius 1 is 1.26 bits per heavy atom. The zero-order valence-corrected chi connectivity index (χ0v) is 14.0. The maximum absolute atomic E-state index is 12.0. The first-order valence-corrected chi connectivity index (χ1v) is 8.35. The van der Waals surface area contributed by atoms with Gasteiger partial charge in [0.25, 0.3) is 5.91 Å². The molecule has 3 rings (SSSR count). The van der Waals surface area contributed by atoms with Crippen LogP contribution in [0, 0.1) is 0 Å². The molecule has 0 atom stereocenters. The standard InChI is InChI=1S/C17H17Cl2N3O/c18-13-5-6-15(16(19)9-13)17(23)21-20-10-12-7-8-22(11-12)14-3-1-2-4-14/h5-11,14H,1-4H2,(H,21,23)/b20-10-. The van der Waals surface area contributed by atoms with E-state index in [9.17, 15) is 4.79 Å². The highest BCUT2D eigenvalue weighted by molar-refractivity contribution is 6.36. The van der Waals surface area contributed by atoms with Crippen LogP contribution in [-0.2, 0) is 0 Å². The topological polar surface area (TPSA) is 46.4 Å². The lowest BCUT2D eigenvalue weighted by Crippen LogP contribution is -2.17. The monoisotopic (exact) mass is 349 g/mol. The molecular weight excluding hydrogens is 333 g/mol. The van der Waals surface area contributed by atoms with Crippen LogP contribution in [0.3, 0.4) is 0 Å². The van der Waals surface area contributed by atoms with Crippen molar-refractivity contribution in [1.29, 1.82) is 0 Å². The van der Waals surface area contributed by atoms with E-state index in [-0.39, 0.29) is 5.91 Å². The highest BCUT2D eigenvalue weighted by Crippen LogP contribution is 2.29. The average molecular weight is 350 g/mol. The fourth-order valence-corrected chi connectivity index (χ4v) is 3.33. The van der Waals surface area contributed by atoms with Gasteiger partial charge in [-0.25, -0.2) is 5.43 Å². The minimum absolute atomic E-state index is 0.303. The summed E-state index contributed by atoms with van der Waals surface area (Å²) >= 11 is 11.8. The quantitative estimate of drug-likeness (QED) is 0.632. The summed E-state index contributed by atoms with van der Waals surface area (Å²) in [7, 11) is 0. The van der Waals surface area contributed by atoms with Crippen molar-refractivity contribution in [1.82, 2.24) is 9.99 Å². The first kappa shape index (κ1) is 16.1. The Morgan fingerprint density at radius 2 is 2.04 bits per heavy atom. The molecular formula is C17H17Cl2N3O. The van der Waals surface area contributed by atoms with Crippen LogP contribution in [0.15, 0.2) is 41.8 Å². The summed E-state index contributed by atoms with van der Waals surface area (Å²) in [6.45, 7) is 0. The van der Waals surface area contributed by atoms with Crippen LogP contribution in [0.5, 0.6) is 0 Å². The van der Waals surface area contributed by atoms with Gasteiger partial charge in [-0.2, -0.15) is 5.10 Å². The number of hydrazone groups is 1. The van der Waals surface area contributed by atoms with Crippen molar-refractivity contribution in [2.75, 3.05) is 0 Å². The number of amides is 1. The molecule has 1 aromatic heterocycles. The lowest BCUT2D eigenvalue weighted by molar-refractivity contribution is 0.0955. The Labute approximate surface area is 145 Å². The van der Waals surface area contributed by atoms with E-state index in [2.05, 4.69) is 27.5 Å². The minimum Gasteiger partial charge on any atom is -0.351 e. The predicted molar refractivity (Wildman–Crippen MR) is 93.5 cm³/mol. The fraction of sp³-hybridized carbons (Fsp3) is 0.294. The molecule has 0 spiro atoms. The third-order valence-electron chi connectivity index (χ3n) is 4.04. The summed E-state index contributed by atoms with van der Waals surface area (Å²) < 4.78 is 2.23. The maximum Gasteiger partial charge on any atom is 0.272 e. The number of nitrogens with zero attached hydrogens (tertiary/aromatic N) is 2. The summed E-state index contributed by atoms with van der Waals surface area (Å²) in [5, 5.41) is 4.78. The summed E-state index contributed by atoms with van der Waals surface area (Å²) in [6, 6.07) is 7.31. The minimum atomic E-state index is -0.363. The molecule has 0 bridgehead atoms. The van der Waals surface area contributed by atoms with Crippen molar-refractivity contribution in [3.8, 4) is 0 Å². The van der Waals surface area contributed by atoms with Crippen molar-refractivity contribution < 1.29 is 4.79 Å². The molecule has 2 aromatic rings. The van der Waals surface area contributed by atoms with Crippen LogP contribution in [-0.4, -0.2) is 16.7 Å². The summed E-state index contributed by atoms with van der Waals surface area (Å²) in [5.74, 6) is -0.363. The van der Waals surface area contributed by atoms with E-state index in [1.54, 1.807) is 18.3 Å². The van der Waals surface area contributed by atoms with E-state index in [1.165, 1.54) is 31.7 Å². The van der Waals surface area contributed by atoms with Crippen LogP contribution in [0.1, 0.15) is 47.6 Å². The zero-order chi connectivity index (χ0) is 16.2. The van der Waals surface area contributed by atoms with Gasteiger partial charge in [-0.15, -0.1) is 0 Å². The van der Waals surface area contributed by atoms with Gasteiger partial charge in [0.1, 0.15) is 0 Å². The van der Waals surface area contributed by atoms with Gasteiger partial charge in [-0.1, -0.05) is 36.0 Å². The summed E-state index contributed by atoms with van der Waals surface area (Å²) in [5.41, 5.74) is 3.78. The van der Waals surface area contributed by atoms with E-state index in [1.807, 2.05) is 6.07 Å². The molecule has 0 unspecified atom stereocenters. The number of hydrogen-bond acceptors (Lipinski definition) is 2. The number of aromatic nitrogens is 1. The SMILES string of the molecule is O=C(N/N=C\c1ccn(C2CCCC2)c1)c1ccc(Cl)cc1Cl. The molecule has 0 radical (unpaired) electrons.